The lowest BCUT2D eigenvalue weighted by Gasteiger charge is -2.39. The highest BCUT2D eigenvalue weighted by Gasteiger charge is 2.29. The highest BCUT2D eigenvalue weighted by Crippen LogP contribution is 2.36. The molecule has 180 valence electrons. The van der Waals surface area contributed by atoms with E-state index in [0.29, 0.717) is 17.7 Å². The molecule has 1 aromatic heterocycles. The molecule has 0 bridgehead atoms. The van der Waals surface area contributed by atoms with Gasteiger partial charge in [-0.05, 0) is 69.6 Å². The minimum Gasteiger partial charge on any atom is -0.493 e. The summed E-state index contributed by atoms with van der Waals surface area (Å²) in [5, 5.41) is 10.8. The zero-order valence-electron chi connectivity index (χ0n) is 19.8. The van der Waals surface area contributed by atoms with Crippen LogP contribution in [0.5, 0.6) is 5.75 Å². The van der Waals surface area contributed by atoms with E-state index in [1.165, 1.54) is 12.8 Å². The molecule has 2 aromatic rings. The van der Waals surface area contributed by atoms with E-state index in [0.717, 1.165) is 81.7 Å². The van der Waals surface area contributed by atoms with Crippen LogP contribution in [0.3, 0.4) is 0 Å². The quantitative estimate of drug-likeness (QED) is 0.641. The molecule has 7 nitrogen and oxygen atoms in total. The Morgan fingerprint density at radius 2 is 1.85 bits per heavy atom. The lowest BCUT2D eigenvalue weighted by atomic mass is 10.0. The number of aromatic nitrogens is 1. The maximum absolute atomic E-state index is 12.4. The number of hydrogen-bond acceptors (Lipinski definition) is 5. The number of aliphatic hydroxyl groups is 1. The van der Waals surface area contributed by atoms with Gasteiger partial charge in [0.2, 0.25) is 0 Å². The molecule has 7 heteroatoms. The van der Waals surface area contributed by atoms with E-state index in [2.05, 4.69) is 27.4 Å². The second-order valence-corrected chi connectivity index (χ2v) is 10.4. The molecule has 1 aromatic carbocycles. The van der Waals surface area contributed by atoms with E-state index in [1.54, 1.807) is 0 Å². The van der Waals surface area contributed by atoms with Crippen molar-refractivity contribution >= 4 is 16.8 Å². The van der Waals surface area contributed by atoms with Crippen LogP contribution in [-0.4, -0.2) is 76.9 Å². The Kier molecular flexibility index (Phi) is 6.63. The first-order valence-electron chi connectivity index (χ1n) is 12.7. The standard InChI is InChI=1S/C26H38N4O3/c1-18(29-13-9-21(31)10-14-29)16-28-11-7-20(8-12-28)30-23-3-2-4-25(33-17-19-5-6-19)22(23)15-24(30)26(27)32/h2-4,15,18-21,31H,5-14,16-17H2,1H3,(H2,27,32)/t18-/m0/s1. The number of amides is 1. The average molecular weight is 455 g/mol. The Hall–Kier alpha value is -2.09. The van der Waals surface area contributed by atoms with Gasteiger partial charge in [0.05, 0.1) is 18.2 Å². The lowest BCUT2D eigenvalue weighted by molar-refractivity contribution is 0.0493. The normalized spacial score (nSPS) is 22.6. The van der Waals surface area contributed by atoms with Gasteiger partial charge in [-0.1, -0.05) is 6.07 Å². The van der Waals surface area contributed by atoms with Gasteiger partial charge in [-0.25, -0.2) is 0 Å². The summed E-state index contributed by atoms with van der Waals surface area (Å²) >= 11 is 0. The maximum atomic E-state index is 12.4. The number of rotatable bonds is 8. The van der Waals surface area contributed by atoms with Crippen LogP contribution in [0.4, 0.5) is 0 Å². The summed E-state index contributed by atoms with van der Waals surface area (Å²) in [6.07, 6.45) is 6.15. The van der Waals surface area contributed by atoms with E-state index in [4.69, 9.17) is 10.5 Å². The van der Waals surface area contributed by atoms with Crippen LogP contribution in [0.1, 0.15) is 62.0 Å². The fraction of sp³-hybridized carbons (Fsp3) is 0.654. The van der Waals surface area contributed by atoms with E-state index in [1.807, 2.05) is 18.2 Å². The van der Waals surface area contributed by atoms with Gasteiger partial charge in [0.25, 0.3) is 5.91 Å². The number of primary amides is 1. The number of likely N-dealkylation sites (tertiary alicyclic amines) is 2. The van der Waals surface area contributed by atoms with E-state index < -0.39 is 0 Å². The molecule has 1 amide bonds. The Balaban J connectivity index is 1.27. The van der Waals surface area contributed by atoms with Crippen molar-refractivity contribution in [3.63, 3.8) is 0 Å². The van der Waals surface area contributed by atoms with Crippen molar-refractivity contribution in [2.45, 2.75) is 63.6 Å². The Labute approximate surface area is 196 Å². The summed E-state index contributed by atoms with van der Waals surface area (Å²) in [4.78, 5) is 17.4. The van der Waals surface area contributed by atoms with Crippen molar-refractivity contribution in [1.82, 2.24) is 14.4 Å². The Morgan fingerprint density at radius 3 is 2.52 bits per heavy atom. The molecule has 3 fully saturated rings. The predicted octanol–water partition coefficient (Wildman–Crippen LogP) is 3.01. The van der Waals surface area contributed by atoms with Crippen LogP contribution in [0.15, 0.2) is 24.3 Å². The van der Waals surface area contributed by atoms with Gasteiger partial charge in [0.1, 0.15) is 11.4 Å². The molecular weight excluding hydrogens is 416 g/mol. The molecule has 1 atom stereocenters. The summed E-state index contributed by atoms with van der Waals surface area (Å²) in [5.74, 6) is 1.17. The molecule has 1 saturated carbocycles. The number of nitrogens with two attached hydrogens (primary N) is 1. The van der Waals surface area contributed by atoms with Crippen LogP contribution < -0.4 is 10.5 Å². The largest absolute Gasteiger partial charge is 0.493 e. The molecule has 0 radical (unpaired) electrons. The summed E-state index contributed by atoms with van der Waals surface area (Å²) in [5.41, 5.74) is 7.46. The van der Waals surface area contributed by atoms with Crippen LogP contribution in [-0.2, 0) is 0 Å². The van der Waals surface area contributed by atoms with Gasteiger partial charge in [-0.3, -0.25) is 9.69 Å². The number of piperidine rings is 2. The van der Waals surface area contributed by atoms with Gasteiger partial charge in [-0.15, -0.1) is 0 Å². The molecule has 2 saturated heterocycles. The summed E-state index contributed by atoms with van der Waals surface area (Å²) in [7, 11) is 0. The zero-order valence-corrected chi connectivity index (χ0v) is 19.8. The van der Waals surface area contributed by atoms with Gasteiger partial charge in [0, 0.05) is 50.2 Å². The van der Waals surface area contributed by atoms with Crippen molar-refractivity contribution < 1.29 is 14.6 Å². The molecule has 3 aliphatic rings. The van der Waals surface area contributed by atoms with E-state index in [9.17, 15) is 9.90 Å². The van der Waals surface area contributed by atoms with Crippen molar-refractivity contribution in [2.75, 3.05) is 39.3 Å². The number of carbonyl (C=O) groups is 1. The second kappa shape index (κ2) is 9.65. The number of ether oxygens (including phenoxy) is 1. The number of nitrogens with zero attached hydrogens (tertiary/aromatic N) is 3. The molecular formula is C26H38N4O3. The third kappa shape index (κ3) is 5.05. The molecule has 33 heavy (non-hydrogen) atoms. The van der Waals surface area contributed by atoms with Crippen LogP contribution in [0.2, 0.25) is 0 Å². The molecule has 0 unspecified atom stereocenters. The fourth-order valence-corrected chi connectivity index (χ4v) is 5.60. The minimum absolute atomic E-state index is 0.125. The predicted molar refractivity (Wildman–Crippen MR) is 130 cm³/mol. The first-order chi connectivity index (χ1) is 16.0. The van der Waals surface area contributed by atoms with Crippen molar-refractivity contribution in [1.29, 1.82) is 0 Å². The smallest absolute Gasteiger partial charge is 0.265 e. The second-order valence-electron chi connectivity index (χ2n) is 10.4. The van der Waals surface area contributed by atoms with E-state index in [-0.39, 0.29) is 18.1 Å². The third-order valence-electron chi connectivity index (χ3n) is 7.83. The highest BCUT2D eigenvalue weighted by molar-refractivity contribution is 5.99. The molecule has 3 heterocycles. The van der Waals surface area contributed by atoms with Crippen LogP contribution in [0, 0.1) is 5.92 Å². The third-order valence-corrected chi connectivity index (χ3v) is 7.83. The van der Waals surface area contributed by atoms with Crippen molar-refractivity contribution in [3.05, 3.63) is 30.0 Å². The first kappa shape index (κ1) is 22.7. The van der Waals surface area contributed by atoms with Crippen LogP contribution in [0.25, 0.3) is 10.9 Å². The summed E-state index contributed by atoms with van der Waals surface area (Å²) in [6, 6.07) is 8.81. The van der Waals surface area contributed by atoms with Gasteiger partial charge >= 0.3 is 0 Å². The average Bonchev–Trinajstić information content (AvgIpc) is 3.56. The molecule has 1 aliphatic carbocycles. The number of fused-ring (bicyclic) bond motifs is 1. The number of benzene rings is 1. The van der Waals surface area contributed by atoms with Gasteiger partial charge in [0.15, 0.2) is 0 Å². The molecule has 2 aliphatic heterocycles. The molecule has 0 spiro atoms. The lowest BCUT2D eigenvalue weighted by Crippen LogP contribution is -2.48. The maximum Gasteiger partial charge on any atom is 0.265 e. The molecule has 5 rings (SSSR count). The first-order valence-corrected chi connectivity index (χ1v) is 12.7. The van der Waals surface area contributed by atoms with Gasteiger partial charge < -0.3 is 25.0 Å². The number of aliphatic hydroxyl groups excluding tert-OH is 1. The number of hydrogen-bond donors (Lipinski definition) is 2. The SMILES string of the molecule is C[C@@H](CN1CCC(n2c(C(N)=O)cc3c(OCC4CC4)cccc32)CC1)N1CCC(O)CC1. The topological polar surface area (TPSA) is 84.0 Å². The van der Waals surface area contributed by atoms with Gasteiger partial charge in [-0.2, -0.15) is 0 Å². The van der Waals surface area contributed by atoms with Crippen molar-refractivity contribution in [2.24, 2.45) is 11.7 Å². The van der Waals surface area contributed by atoms with Crippen LogP contribution >= 0.6 is 0 Å². The Bertz CT molecular complexity index is 969. The zero-order chi connectivity index (χ0) is 22.9. The summed E-state index contributed by atoms with van der Waals surface area (Å²) < 4.78 is 8.28. The van der Waals surface area contributed by atoms with Crippen molar-refractivity contribution in [3.8, 4) is 5.75 Å². The number of carbonyl (C=O) groups excluding carboxylic acids is 1. The highest BCUT2D eigenvalue weighted by atomic mass is 16.5. The minimum atomic E-state index is -0.373. The fourth-order valence-electron chi connectivity index (χ4n) is 5.60. The monoisotopic (exact) mass is 454 g/mol. The van der Waals surface area contributed by atoms with E-state index >= 15 is 0 Å². The Morgan fingerprint density at radius 1 is 1.12 bits per heavy atom. The molecule has 3 N–H and O–H groups in total. The summed E-state index contributed by atoms with van der Waals surface area (Å²) in [6.45, 7) is 8.11.